The molecular weight excluding hydrogens is 312 g/mol. The van der Waals surface area contributed by atoms with E-state index in [4.69, 9.17) is 9.73 Å². The number of anilines is 1. The Bertz CT molecular complexity index is 563. The Hall–Kier alpha value is -1.75. The van der Waals surface area contributed by atoms with Crippen LogP contribution in [0.2, 0.25) is 0 Å². The molecule has 1 heterocycles. The summed E-state index contributed by atoms with van der Waals surface area (Å²) in [6, 6.07) is 6.59. The van der Waals surface area contributed by atoms with Crippen molar-refractivity contribution in [3.05, 3.63) is 29.3 Å². The Labute approximate surface area is 153 Å². The van der Waals surface area contributed by atoms with Crippen LogP contribution in [0.3, 0.4) is 0 Å². The number of nitrogens with one attached hydrogen (secondary N) is 1. The molecular formula is C20H34N4O. The minimum absolute atomic E-state index is 0.407. The van der Waals surface area contributed by atoms with E-state index in [-0.39, 0.29) is 0 Å². The summed E-state index contributed by atoms with van der Waals surface area (Å²) in [5, 5.41) is 3.45. The molecule has 25 heavy (non-hydrogen) atoms. The smallest absolute Gasteiger partial charge is 0.194 e. The summed E-state index contributed by atoms with van der Waals surface area (Å²) in [5.41, 5.74) is 3.81. The second-order valence-electron chi connectivity index (χ2n) is 6.82. The van der Waals surface area contributed by atoms with E-state index in [0.29, 0.717) is 12.6 Å². The highest BCUT2D eigenvalue weighted by Crippen LogP contribution is 2.19. The zero-order valence-electron chi connectivity index (χ0n) is 16.5. The van der Waals surface area contributed by atoms with Gasteiger partial charge in [0.15, 0.2) is 5.96 Å². The van der Waals surface area contributed by atoms with Crippen molar-refractivity contribution in [3.63, 3.8) is 0 Å². The van der Waals surface area contributed by atoms with Crippen LogP contribution in [-0.2, 0) is 11.3 Å². The van der Waals surface area contributed by atoms with Crippen molar-refractivity contribution in [2.75, 3.05) is 45.2 Å². The largest absolute Gasteiger partial charge is 0.378 e. The predicted octanol–water partition coefficient (Wildman–Crippen LogP) is 3.03. The molecule has 0 atom stereocenters. The van der Waals surface area contributed by atoms with Crippen molar-refractivity contribution in [2.24, 2.45) is 4.99 Å². The Morgan fingerprint density at radius 1 is 1.28 bits per heavy atom. The van der Waals surface area contributed by atoms with E-state index in [9.17, 15) is 0 Å². The highest BCUT2D eigenvalue weighted by Gasteiger charge is 2.21. The molecule has 1 saturated heterocycles. The maximum Gasteiger partial charge on any atom is 0.194 e. The lowest BCUT2D eigenvalue weighted by atomic mass is 10.1. The number of likely N-dealkylation sites (tertiary alicyclic amines) is 1. The van der Waals surface area contributed by atoms with Crippen molar-refractivity contribution in [3.8, 4) is 0 Å². The summed E-state index contributed by atoms with van der Waals surface area (Å²) in [5.74, 6) is 1.02. The van der Waals surface area contributed by atoms with Crippen molar-refractivity contribution in [2.45, 2.75) is 46.3 Å². The summed E-state index contributed by atoms with van der Waals surface area (Å²) >= 11 is 0. The maximum atomic E-state index is 5.76. The number of rotatable bonds is 6. The molecule has 1 aromatic rings. The Morgan fingerprint density at radius 2 is 2.00 bits per heavy atom. The van der Waals surface area contributed by atoms with E-state index >= 15 is 0 Å². The molecule has 2 rings (SSSR count). The molecule has 1 aromatic carbocycles. The molecule has 0 aromatic heterocycles. The topological polar surface area (TPSA) is 40.1 Å². The molecule has 0 aliphatic carbocycles. The Balaban J connectivity index is 2.02. The summed E-state index contributed by atoms with van der Waals surface area (Å²) in [4.78, 5) is 9.39. The quantitative estimate of drug-likeness (QED) is 0.635. The first-order valence-electron chi connectivity index (χ1n) is 9.46. The van der Waals surface area contributed by atoms with Gasteiger partial charge in [0.05, 0.1) is 12.6 Å². The van der Waals surface area contributed by atoms with E-state index in [0.717, 1.165) is 45.0 Å². The van der Waals surface area contributed by atoms with Gasteiger partial charge >= 0.3 is 0 Å². The SMILES string of the molecule is CCNC(=NCc1ccc(N(C)C)cc1C)N1CCC(OCC)CC1. The first kappa shape index (κ1) is 19.6. The van der Waals surface area contributed by atoms with Crippen LogP contribution in [0.25, 0.3) is 0 Å². The van der Waals surface area contributed by atoms with E-state index in [1.165, 1.54) is 16.8 Å². The molecule has 1 fully saturated rings. The van der Waals surface area contributed by atoms with Crippen LogP contribution in [0, 0.1) is 6.92 Å². The number of guanidine groups is 1. The second kappa shape index (κ2) is 9.66. The summed E-state index contributed by atoms with van der Waals surface area (Å²) in [6.45, 7) is 10.8. The Kier molecular flexibility index (Phi) is 7.56. The van der Waals surface area contributed by atoms with Crippen LogP contribution in [0.15, 0.2) is 23.2 Å². The number of piperidine rings is 1. The number of ether oxygens (including phenoxy) is 1. The number of hydrogen-bond acceptors (Lipinski definition) is 3. The van der Waals surface area contributed by atoms with Crippen molar-refractivity contribution in [1.29, 1.82) is 0 Å². The molecule has 5 heteroatoms. The van der Waals surface area contributed by atoms with Gasteiger partial charge in [0, 0.05) is 46.0 Å². The molecule has 0 radical (unpaired) electrons. The lowest BCUT2D eigenvalue weighted by Crippen LogP contribution is -2.47. The van der Waals surface area contributed by atoms with Gasteiger partial charge in [-0.3, -0.25) is 0 Å². The first-order valence-corrected chi connectivity index (χ1v) is 9.46. The van der Waals surface area contributed by atoms with Crippen molar-refractivity contribution < 1.29 is 4.74 Å². The number of aryl methyl sites for hydroxylation is 1. The van der Waals surface area contributed by atoms with Gasteiger partial charge in [-0.05, 0) is 56.9 Å². The summed E-state index contributed by atoms with van der Waals surface area (Å²) in [6.07, 6.45) is 2.56. The van der Waals surface area contributed by atoms with Crippen molar-refractivity contribution in [1.82, 2.24) is 10.2 Å². The summed E-state index contributed by atoms with van der Waals surface area (Å²) in [7, 11) is 4.14. The van der Waals surface area contributed by atoms with Crippen LogP contribution in [0.5, 0.6) is 0 Å². The van der Waals surface area contributed by atoms with Gasteiger partial charge in [-0.1, -0.05) is 6.07 Å². The molecule has 1 aliphatic rings. The van der Waals surface area contributed by atoms with Crippen LogP contribution in [0.4, 0.5) is 5.69 Å². The zero-order valence-corrected chi connectivity index (χ0v) is 16.5. The van der Waals surface area contributed by atoms with Gasteiger partial charge in [0.25, 0.3) is 0 Å². The number of nitrogens with zero attached hydrogens (tertiary/aromatic N) is 3. The number of hydrogen-bond donors (Lipinski definition) is 1. The van der Waals surface area contributed by atoms with E-state index in [2.05, 4.69) is 68.2 Å². The molecule has 0 bridgehead atoms. The predicted molar refractivity (Wildman–Crippen MR) is 107 cm³/mol. The van der Waals surface area contributed by atoms with E-state index in [1.807, 2.05) is 0 Å². The molecule has 0 unspecified atom stereocenters. The molecule has 140 valence electrons. The summed E-state index contributed by atoms with van der Waals surface area (Å²) < 4.78 is 5.76. The lowest BCUT2D eigenvalue weighted by Gasteiger charge is -2.34. The van der Waals surface area contributed by atoms with Crippen LogP contribution >= 0.6 is 0 Å². The fraction of sp³-hybridized carbons (Fsp3) is 0.650. The molecule has 0 spiro atoms. The third kappa shape index (κ3) is 5.63. The molecule has 1 aliphatic heterocycles. The molecule has 0 amide bonds. The maximum absolute atomic E-state index is 5.76. The first-order chi connectivity index (χ1) is 12.0. The lowest BCUT2D eigenvalue weighted by molar-refractivity contribution is 0.0263. The van der Waals surface area contributed by atoms with Gasteiger partial charge in [-0.15, -0.1) is 0 Å². The number of aliphatic imine (C=N–C) groups is 1. The minimum atomic E-state index is 0.407. The van der Waals surface area contributed by atoms with E-state index in [1.54, 1.807) is 0 Å². The van der Waals surface area contributed by atoms with Crippen LogP contribution in [0.1, 0.15) is 37.8 Å². The van der Waals surface area contributed by atoms with Gasteiger partial charge < -0.3 is 19.9 Å². The van der Waals surface area contributed by atoms with Gasteiger partial charge in [-0.2, -0.15) is 0 Å². The zero-order chi connectivity index (χ0) is 18.2. The highest BCUT2D eigenvalue weighted by molar-refractivity contribution is 5.80. The monoisotopic (exact) mass is 346 g/mol. The fourth-order valence-electron chi connectivity index (χ4n) is 3.19. The minimum Gasteiger partial charge on any atom is -0.378 e. The fourth-order valence-corrected chi connectivity index (χ4v) is 3.19. The van der Waals surface area contributed by atoms with Gasteiger partial charge in [0.1, 0.15) is 0 Å². The molecule has 0 saturated carbocycles. The molecule has 5 nitrogen and oxygen atoms in total. The van der Waals surface area contributed by atoms with Crippen LogP contribution in [-0.4, -0.2) is 57.3 Å². The van der Waals surface area contributed by atoms with Crippen LogP contribution < -0.4 is 10.2 Å². The average molecular weight is 347 g/mol. The standard InChI is InChI=1S/C20H34N4O/c1-6-21-20(24-12-10-19(11-13-24)25-7-2)22-15-17-8-9-18(23(4)5)14-16(17)3/h8-9,14,19H,6-7,10-13,15H2,1-5H3,(H,21,22). The third-order valence-electron chi connectivity index (χ3n) is 4.72. The van der Waals surface area contributed by atoms with Gasteiger partial charge in [-0.25, -0.2) is 4.99 Å². The number of benzene rings is 1. The average Bonchev–Trinajstić information content (AvgIpc) is 2.60. The van der Waals surface area contributed by atoms with Crippen molar-refractivity contribution >= 4 is 11.6 Å². The normalized spacial score (nSPS) is 16.2. The van der Waals surface area contributed by atoms with E-state index < -0.39 is 0 Å². The van der Waals surface area contributed by atoms with Gasteiger partial charge in [0.2, 0.25) is 0 Å². The second-order valence-corrected chi connectivity index (χ2v) is 6.82. The Morgan fingerprint density at radius 3 is 2.56 bits per heavy atom. The molecule has 1 N–H and O–H groups in total. The highest BCUT2D eigenvalue weighted by atomic mass is 16.5. The third-order valence-corrected chi connectivity index (χ3v) is 4.72.